The van der Waals surface area contributed by atoms with Crippen LogP contribution in [0.4, 0.5) is 0 Å². The molecule has 0 fully saturated rings. The molecule has 2 unspecified atom stereocenters. The van der Waals surface area contributed by atoms with Crippen molar-refractivity contribution in [2.45, 2.75) is 5.92 Å². The Hall–Kier alpha value is -3.38. The fourth-order valence-corrected chi connectivity index (χ4v) is 4.07. The van der Waals surface area contributed by atoms with Crippen molar-refractivity contribution in [2.75, 3.05) is 14.2 Å². The number of hydrogen-bond acceptors (Lipinski definition) is 7. The van der Waals surface area contributed by atoms with Gasteiger partial charge in [-0.25, -0.2) is 0 Å². The van der Waals surface area contributed by atoms with Crippen molar-refractivity contribution in [1.82, 2.24) is 15.2 Å². The first-order valence-electron chi connectivity index (χ1n) is 8.65. The maximum Gasteiger partial charge on any atom is 0.244 e. The van der Waals surface area contributed by atoms with Crippen LogP contribution < -0.4 is 14.2 Å². The number of nitriles is 1. The number of aromatic nitrogens is 3. The van der Waals surface area contributed by atoms with E-state index in [0.717, 1.165) is 15.6 Å². The lowest BCUT2D eigenvalue weighted by molar-refractivity contribution is 0.353. The van der Waals surface area contributed by atoms with Crippen LogP contribution >= 0.6 is 15.9 Å². The Morgan fingerprint density at radius 1 is 1.21 bits per heavy atom. The molecule has 146 valence electrons. The molecule has 0 amide bonds. The normalized spacial score (nSPS) is 17.8. The molecule has 1 aliphatic rings. The van der Waals surface area contributed by atoms with E-state index in [1.165, 1.54) is 0 Å². The monoisotopic (exact) mass is 453 g/mol. The molecule has 3 heterocycles. The summed E-state index contributed by atoms with van der Waals surface area (Å²) in [5.41, 5.74) is 3.03. The summed E-state index contributed by atoms with van der Waals surface area (Å²) in [6.07, 6.45) is 3.36. The molecule has 2 aromatic heterocycles. The Bertz CT molecular complexity index is 1120. The topological polar surface area (TPSA) is 117 Å². The molecule has 0 radical (unpaired) electrons. The van der Waals surface area contributed by atoms with E-state index in [2.05, 4.69) is 37.2 Å². The van der Waals surface area contributed by atoms with Crippen LogP contribution in [0.2, 0.25) is 0 Å². The molecule has 3 aromatic rings. The minimum absolute atomic E-state index is 0.153. The predicted octanol–water partition coefficient (Wildman–Crippen LogP) is 3.89. The third-order valence-electron chi connectivity index (χ3n) is 4.85. The Morgan fingerprint density at radius 2 is 1.90 bits per heavy atom. The minimum atomic E-state index is -0.838. The van der Waals surface area contributed by atoms with Gasteiger partial charge in [0, 0.05) is 28.3 Å². The van der Waals surface area contributed by atoms with Gasteiger partial charge in [0.2, 0.25) is 11.8 Å². The number of fused-ring (bicyclic) bond motifs is 1. The highest BCUT2D eigenvalue weighted by molar-refractivity contribution is 9.10. The van der Waals surface area contributed by atoms with E-state index >= 15 is 0 Å². The van der Waals surface area contributed by atoms with Crippen LogP contribution in [-0.4, -0.2) is 35.3 Å². The van der Waals surface area contributed by atoms with Gasteiger partial charge in [-0.15, -0.1) is 5.10 Å². The number of pyridine rings is 1. The van der Waals surface area contributed by atoms with Gasteiger partial charge in [-0.05, 0) is 29.8 Å². The summed E-state index contributed by atoms with van der Waals surface area (Å²) >= 11 is 3.59. The summed E-state index contributed by atoms with van der Waals surface area (Å²) in [4.78, 5) is 4.05. The van der Waals surface area contributed by atoms with Crippen molar-refractivity contribution in [3.63, 3.8) is 0 Å². The van der Waals surface area contributed by atoms with Gasteiger partial charge in [0.25, 0.3) is 0 Å². The SMILES string of the molecule is COc1cc(Br)c(C2c3c(n[nH]c3-c3ccncc3)OC(=N)C2C#N)cc1OC. The first kappa shape index (κ1) is 19.0. The molecule has 8 nitrogen and oxygen atoms in total. The zero-order valence-electron chi connectivity index (χ0n) is 15.6. The van der Waals surface area contributed by atoms with Crippen molar-refractivity contribution < 1.29 is 14.2 Å². The molecule has 0 spiro atoms. The Labute approximate surface area is 175 Å². The van der Waals surface area contributed by atoms with Crippen molar-refractivity contribution in [3.05, 3.63) is 52.3 Å². The van der Waals surface area contributed by atoms with Crippen LogP contribution in [0.3, 0.4) is 0 Å². The highest BCUT2D eigenvalue weighted by Crippen LogP contribution is 2.49. The zero-order chi connectivity index (χ0) is 20.5. The smallest absolute Gasteiger partial charge is 0.244 e. The highest BCUT2D eigenvalue weighted by Gasteiger charge is 2.42. The molecule has 4 rings (SSSR count). The summed E-state index contributed by atoms with van der Waals surface area (Å²) in [5, 5.41) is 25.3. The molecule has 2 atom stereocenters. The second kappa shape index (κ2) is 7.56. The zero-order valence-corrected chi connectivity index (χ0v) is 17.1. The van der Waals surface area contributed by atoms with Gasteiger partial charge in [0.05, 0.1) is 31.5 Å². The van der Waals surface area contributed by atoms with Gasteiger partial charge in [-0.3, -0.25) is 15.5 Å². The van der Waals surface area contributed by atoms with Crippen LogP contribution in [-0.2, 0) is 0 Å². The second-order valence-corrected chi connectivity index (χ2v) is 7.19. The number of hydrogen-bond donors (Lipinski definition) is 2. The summed E-state index contributed by atoms with van der Waals surface area (Å²) in [6.45, 7) is 0. The van der Waals surface area contributed by atoms with Crippen LogP contribution in [0.15, 0.2) is 41.1 Å². The third kappa shape index (κ3) is 3.11. The molecule has 0 saturated heterocycles. The lowest BCUT2D eigenvalue weighted by Gasteiger charge is -2.29. The number of nitrogens with zero attached hydrogens (tertiary/aromatic N) is 3. The number of rotatable bonds is 4. The van der Waals surface area contributed by atoms with E-state index in [4.69, 9.17) is 19.6 Å². The van der Waals surface area contributed by atoms with Gasteiger partial charge in [0.15, 0.2) is 11.5 Å². The molecule has 9 heteroatoms. The number of benzene rings is 1. The molecule has 29 heavy (non-hydrogen) atoms. The molecule has 0 saturated carbocycles. The minimum Gasteiger partial charge on any atom is -0.493 e. The second-order valence-electron chi connectivity index (χ2n) is 6.33. The van der Waals surface area contributed by atoms with Crippen molar-refractivity contribution in [1.29, 1.82) is 10.7 Å². The first-order chi connectivity index (χ1) is 14.1. The summed E-state index contributed by atoms with van der Waals surface area (Å²) in [7, 11) is 3.11. The maximum atomic E-state index is 9.85. The maximum absolute atomic E-state index is 9.85. The lowest BCUT2D eigenvalue weighted by Crippen LogP contribution is -2.31. The molecule has 0 bridgehead atoms. The summed E-state index contributed by atoms with van der Waals surface area (Å²) in [6, 6.07) is 9.49. The summed E-state index contributed by atoms with van der Waals surface area (Å²) < 4.78 is 17.1. The third-order valence-corrected chi connectivity index (χ3v) is 5.54. The van der Waals surface area contributed by atoms with Crippen LogP contribution in [0.1, 0.15) is 17.0 Å². The van der Waals surface area contributed by atoms with Crippen LogP contribution in [0.5, 0.6) is 17.4 Å². The number of nitrogens with one attached hydrogen (secondary N) is 2. The molecular formula is C20H16BrN5O3. The molecular weight excluding hydrogens is 438 g/mol. The van der Waals surface area contributed by atoms with E-state index < -0.39 is 11.8 Å². The quantitative estimate of drug-likeness (QED) is 0.618. The van der Waals surface area contributed by atoms with Gasteiger partial charge < -0.3 is 14.2 Å². The molecule has 0 aliphatic carbocycles. The van der Waals surface area contributed by atoms with E-state index in [9.17, 15) is 5.26 Å². The summed E-state index contributed by atoms with van der Waals surface area (Å²) in [5.74, 6) is -0.140. The van der Waals surface area contributed by atoms with Crippen molar-refractivity contribution in [3.8, 4) is 34.7 Å². The van der Waals surface area contributed by atoms with Gasteiger partial charge in [0.1, 0.15) is 5.92 Å². The largest absolute Gasteiger partial charge is 0.493 e. The number of H-pyrrole nitrogens is 1. The van der Waals surface area contributed by atoms with Crippen LogP contribution in [0, 0.1) is 22.7 Å². The first-order valence-corrected chi connectivity index (χ1v) is 9.44. The van der Waals surface area contributed by atoms with Crippen LogP contribution in [0.25, 0.3) is 11.3 Å². The fourth-order valence-electron chi connectivity index (χ4n) is 3.50. The number of halogens is 1. The van der Waals surface area contributed by atoms with Gasteiger partial charge in [-0.1, -0.05) is 15.9 Å². The predicted molar refractivity (Wildman–Crippen MR) is 108 cm³/mol. The molecule has 1 aromatic carbocycles. The standard InChI is InChI=1S/C20H16BrN5O3/c1-27-14-7-11(13(21)8-15(14)28-2)16-12(9-22)19(23)29-20-17(16)18(25-26-20)10-3-5-24-6-4-10/h3-8,12,16,23H,1-2H3,(H,25,26). The van der Waals surface area contributed by atoms with E-state index in [1.807, 2.05) is 18.2 Å². The Balaban J connectivity index is 1.97. The number of ether oxygens (including phenoxy) is 3. The van der Waals surface area contributed by atoms with Crippen molar-refractivity contribution >= 4 is 21.8 Å². The van der Waals surface area contributed by atoms with E-state index in [1.54, 1.807) is 32.7 Å². The number of aromatic amines is 1. The van der Waals surface area contributed by atoms with Gasteiger partial charge >= 0.3 is 0 Å². The van der Waals surface area contributed by atoms with Crippen molar-refractivity contribution in [2.24, 2.45) is 5.92 Å². The van der Waals surface area contributed by atoms with Gasteiger partial charge in [-0.2, -0.15) is 5.26 Å². The highest BCUT2D eigenvalue weighted by atomic mass is 79.9. The molecule has 2 N–H and O–H groups in total. The molecule has 1 aliphatic heterocycles. The average molecular weight is 454 g/mol. The van der Waals surface area contributed by atoms with E-state index in [-0.39, 0.29) is 11.8 Å². The lowest BCUT2D eigenvalue weighted by atomic mass is 9.78. The Kier molecular flexibility index (Phi) is 4.94. The average Bonchev–Trinajstić information content (AvgIpc) is 3.16. The van der Waals surface area contributed by atoms with E-state index in [0.29, 0.717) is 22.8 Å². The number of methoxy groups -OCH3 is 2. The Morgan fingerprint density at radius 3 is 2.55 bits per heavy atom. The fraction of sp³-hybridized carbons (Fsp3) is 0.200.